The summed E-state index contributed by atoms with van der Waals surface area (Å²) in [5, 5.41) is 4.38. The van der Waals surface area contributed by atoms with E-state index in [1.165, 1.54) is 5.56 Å². The molecule has 1 aliphatic rings. The first-order valence-corrected chi connectivity index (χ1v) is 7.74. The number of ether oxygens (including phenoxy) is 2. The lowest BCUT2D eigenvalue weighted by atomic mass is 10.1. The largest absolute Gasteiger partial charge is 0.486 e. The molecule has 0 saturated carbocycles. The van der Waals surface area contributed by atoms with Gasteiger partial charge in [0.25, 0.3) is 0 Å². The first-order valence-electron chi connectivity index (χ1n) is 7.74. The van der Waals surface area contributed by atoms with Gasteiger partial charge in [-0.25, -0.2) is 9.97 Å². The quantitative estimate of drug-likeness (QED) is 0.799. The van der Waals surface area contributed by atoms with Crippen LogP contribution in [0.25, 0.3) is 10.9 Å². The van der Waals surface area contributed by atoms with Gasteiger partial charge in [-0.05, 0) is 36.2 Å². The van der Waals surface area contributed by atoms with Crippen LogP contribution in [0.5, 0.6) is 11.5 Å². The molecule has 0 radical (unpaired) electrons. The second kappa shape index (κ2) is 5.76. The van der Waals surface area contributed by atoms with E-state index >= 15 is 0 Å². The van der Waals surface area contributed by atoms with Crippen molar-refractivity contribution in [2.75, 3.05) is 18.5 Å². The van der Waals surface area contributed by atoms with Crippen molar-refractivity contribution in [3.05, 3.63) is 48.3 Å². The summed E-state index contributed by atoms with van der Waals surface area (Å²) in [6.45, 7) is 3.31. The molecule has 3 aromatic rings. The maximum absolute atomic E-state index is 5.63. The molecule has 116 valence electrons. The Balaban J connectivity index is 1.72. The van der Waals surface area contributed by atoms with Gasteiger partial charge in [0.05, 0.1) is 5.52 Å². The van der Waals surface area contributed by atoms with Gasteiger partial charge in [-0.3, -0.25) is 0 Å². The van der Waals surface area contributed by atoms with E-state index in [9.17, 15) is 0 Å². The van der Waals surface area contributed by atoms with Gasteiger partial charge in [-0.1, -0.05) is 13.0 Å². The third kappa shape index (κ3) is 2.65. The maximum atomic E-state index is 5.63. The van der Waals surface area contributed by atoms with Gasteiger partial charge < -0.3 is 14.8 Å². The van der Waals surface area contributed by atoms with Crippen molar-refractivity contribution in [1.29, 1.82) is 0 Å². The molecule has 23 heavy (non-hydrogen) atoms. The van der Waals surface area contributed by atoms with Crippen LogP contribution in [0.3, 0.4) is 0 Å². The molecule has 0 spiro atoms. The van der Waals surface area contributed by atoms with Crippen molar-refractivity contribution in [3.8, 4) is 11.5 Å². The summed E-state index contributed by atoms with van der Waals surface area (Å²) < 4.78 is 11.2. The summed E-state index contributed by atoms with van der Waals surface area (Å²) in [6.07, 6.45) is 2.56. The van der Waals surface area contributed by atoms with Crippen molar-refractivity contribution < 1.29 is 9.47 Å². The Kier molecular flexibility index (Phi) is 3.46. The highest BCUT2D eigenvalue weighted by Crippen LogP contribution is 2.34. The molecular weight excluding hydrogens is 290 g/mol. The summed E-state index contributed by atoms with van der Waals surface area (Å²) in [7, 11) is 0. The molecule has 0 amide bonds. The average molecular weight is 307 g/mol. The first kappa shape index (κ1) is 13.8. The summed E-state index contributed by atoms with van der Waals surface area (Å²) in [4.78, 5) is 8.73. The van der Waals surface area contributed by atoms with E-state index in [4.69, 9.17) is 9.47 Å². The monoisotopic (exact) mass is 307 g/mol. The molecule has 0 fully saturated rings. The van der Waals surface area contributed by atoms with Gasteiger partial charge in [-0.15, -0.1) is 0 Å². The summed E-state index contributed by atoms with van der Waals surface area (Å²) in [6, 6.07) is 12.1. The fourth-order valence-corrected chi connectivity index (χ4v) is 2.68. The fourth-order valence-electron chi connectivity index (χ4n) is 2.68. The molecule has 0 atom stereocenters. The van der Waals surface area contributed by atoms with Crippen molar-refractivity contribution in [3.63, 3.8) is 0 Å². The van der Waals surface area contributed by atoms with Crippen LogP contribution >= 0.6 is 0 Å². The predicted molar refractivity (Wildman–Crippen MR) is 89.6 cm³/mol. The molecule has 2 aromatic carbocycles. The number of nitrogens with one attached hydrogen (secondary N) is 1. The molecule has 5 heteroatoms. The number of benzene rings is 2. The summed E-state index contributed by atoms with van der Waals surface area (Å²) in [5.41, 5.74) is 3.10. The van der Waals surface area contributed by atoms with Crippen molar-refractivity contribution in [2.45, 2.75) is 13.3 Å². The topological polar surface area (TPSA) is 56.3 Å². The standard InChI is InChI=1S/C18H17N3O2/c1-2-12-3-5-15-14(9-12)18(20-11-19-15)21-13-4-6-16-17(10-13)23-8-7-22-16/h3-6,9-11H,2,7-8H2,1H3,(H,19,20,21). The zero-order valence-corrected chi connectivity index (χ0v) is 12.9. The molecule has 5 nitrogen and oxygen atoms in total. The number of anilines is 2. The lowest BCUT2D eigenvalue weighted by Gasteiger charge is -2.19. The highest BCUT2D eigenvalue weighted by Gasteiger charge is 2.12. The number of aryl methyl sites for hydroxylation is 1. The lowest BCUT2D eigenvalue weighted by molar-refractivity contribution is 0.171. The Hall–Kier alpha value is -2.82. The minimum atomic E-state index is 0.576. The van der Waals surface area contributed by atoms with Crippen LogP contribution in [0.15, 0.2) is 42.7 Å². The van der Waals surface area contributed by atoms with Gasteiger partial charge in [0, 0.05) is 17.1 Å². The third-order valence-electron chi connectivity index (χ3n) is 3.91. The van der Waals surface area contributed by atoms with Crippen LogP contribution in [0.4, 0.5) is 11.5 Å². The molecule has 0 unspecified atom stereocenters. The second-order valence-electron chi connectivity index (χ2n) is 5.41. The zero-order valence-electron chi connectivity index (χ0n) is 12.9. The van der Waals surface area contributed by atoms with E-state index in [0.717, 1.165) is 40.3 Å². The highest BCUT2D eigenvalue weighted by atomic mass is 16.6. The van der Waals surface area contributed by atoms with Crippen LogP contribution in [-0.2, 0) is 6.42 Å². The predicted octanol–water partition coefficient (Wildman–Crippen LogP) is 3.71. The Labute approximate surface area is 134 Å². The molecule has 0 aliphatic carbocycles. The highest BCUT2D eigenvalue weighted by molar-refractivity contribution is 5.91. The van der Waals surface area contributed by atoms with E-state index < -0.39 is 0 Å². The number of fused-ring (bicyclic) bond motifs is 2. The van der Waals surface area contributed by atoms with Crippen LogP contribution < -0.4 is 14.8 Å². The van der Waals surface area contributed by atoms with E-state index in [0.29, 0.717) is 13.2 Å². The van der Waals surface area contributed by atoms with E-state index in [-0.39, 0.29) is 0 Å². The number of aromatic nitrogens is 2. The van der Waals surface area contributed by atoms with Crippen molar-refractivity contribution in [1.82, 2.24) is 9.97 Å². The minimum Gasteiger partial charge on any atom is -0.486 e. The SMILES string of the molecule is CCc1ccc2ncnc(Nc3ccc4c(c3)OCCO4)c2c1. The maximum Gasteiger partial charge on any atom is 0.163 e. The molecule has 1 aromatic heterocycles. The number of hydrogen-bond acceptors (Lipinski definition) is 5. The average Bonchev–Trinajstić information content (AvgIpc) is 2.61. The first-order chi connectivity index (χ1) is 11.3. The van der Waals surface area contributed by atoms with Crippen molar-refractivity contribution in [2.24, 2.45) is 0 Å². The van der Waals surface area contributed by atoms with Gasteiger partial charge >= 0.3 is 0 Å². The van der Waals surface area contributed by atoms with Gasteiger partial charge in [0.15, 0.2) is 11.5 Å². The smallest absolute Gasteiger partial charge is 0.163 e. The minimum absolute atomic E-state index is 0.576. The molecule has 1 N–H and O–H groups in total. The molecule has 4 rings (SSSR count). The molecule has 0 bridgehead atoms. The second-order valence-corrected chi connectivity index (χ2v) is 5.41. The molecule has 0 saturated heterocycles. The Bertz CT molecular complexity index is 864. The number of nitrogens with zero attached hydrogens (tertiary/aromatic N) is 2. The van der Waals surface area contributed by atoms with Crippen LogP contribution in [0.1, 0.15) is 12.5 Å². The number of hydrogen-bond donors (Lipinski definition) is 1. The Morgan fingerprint density at radius 2 is 1.87 bits per heavy atom. The third-order valence-corrected chi connectivity index (χ3v) is 3.91. The molecule has 1 aliphatic heterocycles. The van der Waals surface area contributed by atoms with Crippen LogP contribution in [0.2, 0.25) is 0 Å². The van der Waals surface area contributed by atoms with Crippen LogP contribution in [-0.4, -0.2) is 23.2 Å². The van der Waals surface area contributed by atoms with Gasteiger partial charge in [0.2, 0.25) is 0 Å². The summed E-state index contributed by atoms with van der Waals surface area (Å²) >= 11 is 0. The normalized spacial score (nSPS) is 13.1. The van der Waals surface area contributed by atoms with Gasteiger partial charge in [-0.2, -0.15) is 0 Å². The van der Waals surface area contributed by atoms with E-state index in [1.54, 1.807) is 6.33 Å². The Morgan fingerprint density at radius 1 is 1.00 bits per heavy atom. The van der Waals surface area contributed by atoms with E-state index in [1.807, 2.05) is 24.3 Å². The van der Waals surface area contributed by atoms with Gasteiger partial charge in [0.1, 0.15) is 25.4 Å². The molecular formula is C18H17N3O2. The lowest BCUT2D eigenvalue weighted by Crippen LogP contribution is -2.15. The zero-order chi connectivity index (χ0) is 15.6. The molecule has 2 heterocycles. The fraction of sp³-hybridized carbons (Fsp3) is 0.222. The summed E-state index contributed by atoms with van der Waals surface area (Å²) in [5.74, 6) is 2.33. The van der Waals surface area contributed by atoms with Crippen molar-refractivity contribution >= 4 is 22.4 Å². The van der Waals surface area contributed by atoms with Crippen LogP contribution in [0, 0.1) is 0 Å². The van der Waals surface area contributed by atoms with E-state index in [2.05, 4.69) is 34.3 Å². The Morgan fingerprint density at radius 3 is 2.74 bits per heavy atom. The number of rotatable bonds is 3.